The van der Waals surface area contributed by atoms with E-state index in [1.54, 1.807) is 0 Å². The second-order valence-corrected chi connectivity index (χ2v) is 5.93. The Balaban J connectivity index is 1.81. The Bertz CT molecular complexity index is 329. The minimum absolute atomic E-state index is 0.103. The molecule has 0 heterocycles. The van der Waals surface area contributed by atoms with Gasteiger partial charge in [-0.05, 0) is 38.5 Å². The second kappa shape index (κ2) is 5.31. The molecule has 6 heteroatoms. The summed E-state index contributed by atoms with van der Waals surface area (Å²) >= 11 is 0. The Morgan fingerprint density at radius 3 is 2.11 bits per heavy atom. The molecular weight excluding hydrogens is 257 g/mol. The molecule has 0 aromatic heterocycles. The van der Waals surface area contributed by atoms with E-state index in [-0.39, 0.29) is 24.8 Å². The van der Waals surface area contributed by atoms with Gasteiger partial charge in [0.15, 0.2) is 0 Å². The second-order valence-electron chi connectivity index (χ2n) is 5.93. The molecule has 0 bridgehead atoms. The number of nitrogens with one attached hydrogen (secondary N) is 1. The van der Waals surface area contributed by atoms with Gasteiger partial charge in [-0.3, -0.25) is 4.79 Å². The molecule has 0 saturated heterocycles. The highest BCUT2D eigenvalue weighted by Gasteiger charge is 2.43. The summed E-state index contributed by atoms with van der Waals surface area (Å²) in [5.74, 6) is -1.39. The number of amides is 1. The van der Waals surface area contributed by atoms with Crippen LogP contribution in [0.3, 0.4) is 0 Å². The van der Waals surface area contributed by atoms with Crippen LogP contribution >= 0.6 is 0 Å². The lowest BCUT2D eigenvalue weighted by atomic mass is 9.85. The number of carbonyl (C=O) groups is 1. The smallest absolute Gasteiger partial charge is 0.352 e. The molecule has 0 aliphatic heterocycles. The van der Waals surface area contributed by atoms with Crippen molar-refractivity contribution in [2.24, 2.45) is 11.7 Å². The van der Waals surface area contributed by atoms with E-state index in [0.29, 0.717) is 25.7 Å². The minimum atomic E-state index is -4.10. The predicted molar refractivity (Wildman–Crippen MR) is 65.3 cm³/mol. The van der Waals surface area contributed by atoms with Crippen molar-refractivity contribution in [3.63, 3.8) is 0 Å². The van der Waals surface area contributed by atoms with Crippen molar-refractivity contribution in [3.8, 4) is 0 Å². The van der Waals surface area contributed by atoms with E-state index in [2.05, 4.69) is 5.32 Å². The summed E-state index contributed by atoms with van der Waals surface area (Å²) < 4.78 is 37.6. The minimum Gasteiger partial charge on any atom is -0.352 e. The Kier molecular flexibility index (Phi) is 4.08. The number of halogens is 3. The summed E-state index contributed by atoms with van der Waals surface area (Å²) in [4.78, 5) is 12.1. The maximum Gasteiger partial charge on any atom is 0.391 e. The summed E-state index contributed by atoms with van der Waals surface area (Å²) in [6.07, 6.45) is 0.147. The van der Waals surface area contributed by atoms with Gasteiger partial charge in [0.2, 0.25) is 5.91 Å². The summed E-state index contributed by atoms with van der Waals surface area (Å²) in [7, 11) is 0. The molecular formula is C13H21F3N2O. The van der Waals surface area contributed by atoms with E-state index in [1.807, 2.05) is 0 Å². The third-order valence-corrected chi connectivity index (χ3v) is 4.47. The van der Waals surface area contributed by atoms with Crippen LogP contribution in [0.5, 0.6) is 0 Å². The Labute approximate surface area is 111 Å². The van der Waals surface area contributed by atoms with Crippen LogP contribution in [0.25, 0.3) is 0 Å². The van der Waals surface area contributed by atoms with Gasteiger partial charge in [0.25, 0.3) is 0 Å². The lowest BCUT2D eigenvalue weighted by Gasteiger charge is -2.32. The van der Waals surface area contributed by atoms with E-state index in [9.17, 15) is 18.0 Å². The Morgan fingerprint density at radius 1 is 1.11 bits per heavy atom. The fraction of sp³-hybridized carbons (Fsp3) is 0.923. The third kappa shape index (κ3) is 3.41. The number of nitrogens with two attached hydrogens (primary N) is 1. The zero-order valence-electron chi connectivity index (χ0n) is 10.9. The number of alkyl halides is 3. The van der Waals surface area contributed by atoms with Crippen LogP contribution in [-0.4, -0.2) is 23.7 Å². The molecule has 2 fully saturated rings. The average molecular weight is 278 g/mol. The molecule has 110 valence electrons. The number of hydrogen-bond donors (Lipinski definition) is 2. The molecule has 2 rings (SSSR count). The number of carbonyl (C=O) groups excluding carboxylic acids is 1. The van der Waals surface area contributed by atoms with E-state index >= 15 is 0 Å². The highest BCUT2D eigenvalue weighted by atomic mass is 19.4. The van der Waals surface area contributed by atoms with Crippen molar-refractivity contribution in [1.82, 2.24) is 5.32 Å². The van der Waals surface area contributed by atoms with Crippen molar-refractivity contribution in [1.29, 1.82) is 0 Å². The van der Waals surface area contributed by atoms with Crippen molar-refractivity contribution in [3.05, 3.63) is 0 Å². The first-order chi connectivity index (χ1) is 8.81. The first-order valence-corrected chi connectivity index (χ1v) is 6.98. The molecule has 2 saturated carbocycles. The molecule has 0 atom stereocenters. The maximum absolute atomic E-state index is 12.5. The molecule has 0 spiro atoms. The summed E-state index contributed by atoms with van der Waals surface area (Å²) in [6.45, 7) is 0. The molecule has 0 aromatic rings. The van der Waals surface area contributed by atoms with Crippen LogP contribution in [0.2, 0.25) is 0 Å². The largest absolute Gasteiger partial charge is 0.391 e. The van der Waals surface area contributed by atoms with Gasteiger partial charge in [0, 0.05) is 6.04 Å². The van der Waals surface area contributed by atoms with Crippen LogP contribution in [0.1, 0.15) is 51.4 Å². The maximum atomic E-state index is 12.5. The van der Waals surface area contributed by atoms with Crippen molar-refractivity contribution >= 4 is 5.91 Å². The number of hydrogen-bond acceptors (Lipinski definition) is 2. The zero-order chi connectivity index (χ0) is 14.1. The lowest BCUT2D eigenvalue weighted by Crippen LogP contribution is -2.55. The van der Waals surface area contributed by atoms with Gasteiger partial charge < -0.3 is 11.1 Å². The summed E-state index contributed by atoms with van der Waals surface area (Å²) in [5, 5.41) is 2.84. The number of rotatable bonds is 2. The van der Waals surface area contributed by atoms with Crippen LogP contribution in [0, 0.1) is 5.92 Å². The predicted octanol–water partition coefficient (Wildman–Crippen LogP) is 2.50. The first kappa shape index (κ1) is 14.6. The summed E-state index contributed by atoms with van der Waals surface area (Å²) in [6, 6.07) is -0.146. The lowest BCUT2D eigenvalue weighted by molar-refractivity contribution is -0.182. The topological polar surface area (TPSA) is 55.1 Å². The molecule has 3 nitrogen and oxygen atoms in total. The Hall–Kier alpha value is -0.780. The average Bonchev–Trinajstić information content (AvgIpc) is 2.77. The quantitative estimate of drug-likeness (QED) is 0.815. The highest BCUT2D eigenvalue weighted by Crippen LogP contribution is 2.37. The molecule has 1 amide bonds. The molecule has 2 aliphatic rings. The normalized spacial score (nSPS) is 31.2. The van der Waals surface area contributed by atoms with Crippen LogP contribution < -0.4 is 11.1 Å². The molecule has 2 aliphatic carbocycles. The summed E-state index contributed by atoms with van der Waals surface area (Å²) in [5.41, 5.74) is 5.23. The van der Waals surface area contributed by atoms with E-state index < -0.39 is 17.6 Å². The van der Waals surface area contributed by atoms with Gasteiger partial charge in [0.05, 0.1) is 11.5 Å². The van der Waals surface area contributed by atoms with Crippen molar-refractivity contribution < 1.29 is 18.0 Å². The van der Waals surface area contributed by atoms with Gasteiger partial charge in [-0.2, -0.15) is 13.2 Å². The standard InChI is InChI=1S/C13H21F3N2O/c14-13(15,16)9-3-5-10(6-4-9)18-11(19)12(17)7-1-2-8-12/h9-10H,1-8,17H2,(H,18,19). The first-order valence-electron chi connectivity index (χ1n) is 6.98. The molecule has 0 unspecified atom stereocenters. The molecule has 19 heavy (non-hydrogen) atoms. The van der Waals surface area contributed by atoms with Gasteiger partial charge >= 0.3 is 6.18 Å². The van der Waals surface area contributed by atoms with E-state index in [0.717, 1.165) is 12.8 Å². The van der Waals surface area contributed by atoms with Crippen LogP contribution in [0.15, 0.2) is 0 Å². The van der Waals surface area contributed by atoms with E-state index in [4.69, 9.17) is 5.73 Å². The van der Waals surface area contributed by atoms with E-state index in [1.165, 1.54) is 0 Å². The fourth-order valence-electron chi connectivity index (χ4n) is 3.13. The van der Waals surface area contributed by atoms with Gasteiger partial charge in [-0.1, -0.05) is 12.8 Å². The van der Waals surface area contributed by atoms with Gasteiger partial charge in [-0.25, -0.2) is 0 Å². The molecule has 3 N–H and O–H groups in total. The van der Waals surface area contributed by atoms with Gasteiger partial charge in [0.1, 0.15) is 0 Å². The monoisotopic (exact) mass is 278 g/mol. The Morgan fingerprint density at radius 2 is 1.63 bits per heavy atom. The van der Waals surface area contributed by atoms with Crippen LogP contribution in [0.4, 0.5) is 13.2 Å². The zero-order valence-corrected chi connectivity index (χ0v) is 10.9. The third-order valence-electron chi connectivity index (χ3n) is 4.47. The molecule has 0 aromatic carbocycles. The van der Waals surface area contributed by atoms with Crippen molar-refractivity contribution in [2.75, 3.05) is 0 Å². The van der Waals surface area contributed by atoms with Crippen LogP contribution in [-0.2, 0) is 4.79 Å². The fourth-order valence-corrected chi connectivity index (χ4v) is 3.13. The SMILES string of the molecule is NC1(C(=O)NC2CCC(C(F)(F)F)CC2)CCCC1. The van der Waals surface area contributed by atoms with Crippen molar-refractivity contribution in [2.45, 2.75) is 69.1 Å². The molecule has 0 radical (unpaired) electrons. The van der Waals surface area contributed by atoms with Gasteiger partial charge in [-0.15, -0.1) is 0 Å². The highest BCUT2D eigenvalue weighted by molar-refractivity contribution is 5.86.